The van der Waals surface area contributed by atoms with Crippen molar-refractivity contribution >= 4 is 33.6 Å². The second kappa shape index (κ2) is 10.7. The lowest BCUT2D eigenvalue weighted by molar-refractivity contribution is -0.385. The molecule has 15 nitrogen and oxygen atoms in total. The zero-order valence-electron chi connectivity index (χ0n) is 25.0. The van der Waals surface area contributed by atoms with Gasteiger partial charge in [-0.3, -0.25) is 34.6 Å². The smallest absolute Gasteiger partial charge is 0.277 e. The van der Waals surface area contributed by atoms with Crippen molar-refractivity contribution in [2.75, 3.05) is 0 Å². The van der Waals surface area contributed by atoms with Gasteiger partial charge in [-0.1, -0.05) is 31.2 Å². The molecule has 15 heteroatoms. The highest BCUT2D eigenvalue weighted by Gasteiger charge is 2.46. The Kier molecular flexibility index (Phi) is 6.70. The van der Waals surface area contributed by atoms with Gasteiger partial charge in [0, 0.05) is 41.8 Å². The van der Waals surface area contributed by atoms with Gasteiger partial charge in [0.1, 0.15) is 24.1 Å². The van der Waals surface area contributed by atoms with E-state index in [0.29, 0.717) is 23.5 Å². The summed E-state index contributed by atoms with van der Waals surface area (Å²) in [6.45, 7) is 3.65. The molecule has 0 saturated heterocycles. The molecule has 0 amide bonds. The highest BCUT2D eigenvalue weighted by molar-refractivity contribution is 6.05. The molecule has 1 aliphatic carbocycles. The van der Waals surface area contributed by atoms with Gasteiger partial charge in [-0.05, 0) is 42.2 Å². The average molecular weight is 636 g/mol. The molecule has 1 aliphatic heterocycles. The molecule has 3 heterocycles. The number of benzene rings is 3. The summed E-state index contributed by atoms with van der Waals surface area (Å²) >= 11 is 0. The van der Waals surface area contributed by atoms with Crippen molar-refractivity contribution in [3.05, 3.63) is 131 Å². The van der Waals surface area contributed by atoms with Crippen LogP contribution in [0.2, 0.25) is 0 Å². The summed E-state index contributed by atoms with van der Waals surface area (Å²) in [5, 5.41) is 31.5. The van der Waals surface area contributed by atoms with Gasteiger partial charge in [0.05, 0.1) is 38.2 Å². The first-order chi connectivity index (χ1) is 22.4. The number of carbonyl (C=O) groups is 1. The molecule has 0 saturated carbocycles. The fraction of sp³-hybridized carbons (Fsp3) is 0.219. The molecule has 2 aromatic heterocycles. The normalized spacial score (nSPS) is 16.6. The minimum absolute atomic E-state index is 0.0794. The van der Waals surface area contributed by atoms with E-state index in [1.54, 1.807) is 24.4 Å². The van der Waals surface area contributed by atoms with Crippen molar-refractivity contribution in [1.29, 1.82) is 0 Å². The number of nitro groups is 2. The quantitative estimate of drug-likeness (QED) is 0.184. The monoisotopic (exact) mass is 635 g/mol. The number of rotatable bonds is 7. The SMILES string of the molecule is CC1(C)CC(=O)C2=C(C1)n1c(=O)c3ccccc3c(=O)n1C2c1cc([N+](=O)[O-])ccc1OCc1cn(-c2ccc([N+](=O)[O-])cc2)nn1. The Morgan fingerprint density at radius 1 is 0.894 bits per heavy atom. The Morgan fingerprint density at radius 3 is 2.23 bits per heavy atom. The lowest BCUT2D eigenvalue weighted by atomic mass is 9.74. The maximum atomic E-state index is 14.1. The number of hydrogen-bond donors (Lipinski definition) is 0. The van der Waals surface area contributed by atoms with Gasteiger partial charge in [-0.15, -0.1) is 5.10 Å². The molecular weight excluding hydrogens is 610 g/mol. The molecule has 0 radical (unpaired) electrons. The molecule has 5 aromatic rings. The van der Waals surface area contributed by atoms with Gasteiger partial charge in [-0.2, -0.15) is 0 Å². The van der Waals surface area contributed by atoms with E-state index in [0.717, 1.165) is 0 Å². The van der Waals surface area contributed by atoms with Crippen molar-refractivity contribution in [1.82, 2.24) is 24.4 Å². The van der Waals surface area contributed by atoms with Crippen LogP contribution in [0.5, 0.6) is 5.75 Å². The van der Waals surface area contributed by atoms with Crippen LogP contribution in [0.4, 0.5) is 11.4 Å². The predicted octanol–water partition coefficient (Wildman–Crippen LogP) is 4.34. The highest BCUT2D eigenvalue weighted by Crippen LogP contribution is 2.48. The Hall–Kier alpha value is -6.25. The lowest BCUT2D eigenvalue weighted by Gasteiger charge is -2.30. The third kappa shape index (κ3) is 4.88. The maximum absolute atomic E-state index is 14.1. The van der Waals surface area contributed by atoms with Gasteiger partial charge >= 0.3 is 0 Å². The molecule has 2 aliphatic rings. The zero-order chi connectivity index (χ0) is 33.2. The second-order valence-corrected chi connectivity index (χ2v) is 12.2. The molecule has 0 bridgehead atoms. The lowest BCUT2D eigenvalue weighted by Crippen LogP contribution is -2.37. The zero-order valence-corrected chi connectivity index (χ0v) is 25.0. The summed E-state index contributed by atoms with van der Waals surface area (Å²) < 4.78 is 10.0. The van der Waals surface area contributed by atoms with Crippen LogP contribution in [0.3, 0.4) is 0 Å². The van der Waals surface area contributed by atoms with Crippen molar-refractivity contribution in [2.45, 2.75) is 39.3 Å². The number of non-ortho nitro benzene ring substituents is 2. The summed E-state index contributed by atoms with van der Waals surface area (Å²) in [4.78, 5) is 63.7. The van der Waals surface area contributed by atoms with Crippen LogP contribution >= 0.6 is 0 Å². The topological polar surface area (TPSA) is 187 Å². The van der Waals surface area contributed by atoms with E-state index in [4.69, 9.17) is 4.74 Å². The Morgan fingerprint density at radius 2 is 1.55 bits per heavy atom. The molecule has 47 heavy (non-hydrogen) atoms. The third-order valence-corrected chi connectivity index (χ3v) is 8.41. The van der Waals surface area contributed by atoms with Gasteiger partial charge in [0.25, 0.3) is 22.5 Å². The highest BCUT2D eigenvalue weighted by atomic mass is 16.6. The maximum Gasteiger partial charge on any atom is 0.277 e. The van der Waals surface area contributed by atoms with Gasteiger partial charge < -0.3 is 4.74 Å². The van der Waals surface area contributed by atoms with Crippen LogP contribution in [0, 0.1) is 25.6 Å². The van der Waals surface area contributed by atoms with E-state index < -0.39 is 32.4 Å². The first kappa shape index (κ1) is 29.5. The van der Waals surface area contributed by atoms with Crippen molar-refractivity contribution in [2.24, 2.45) is 5.41 Å². The Bertz CT molecular complexity index is 2310. The summed E-state index contributed by atoms with van der Waals surface area (Å²) in [5.74, 6) is -0.139. The number of allylic oxidation sites excluding steroid dienone is 2. The molecule has 236 valence electrons. The summed E-state index contributed by atoms with van der Waals surface area (Å²) in [5.41, 5.74) is -0.260. The number of Topliss-reactive ketones (excluding diaryl/α,β-unsaturated/α-hetero) is 1. The molecule has 0 N–H and O–H groups in total. The van der Waals surface area contributed by atoms with E-state index in [1.807, 2.05) is 13.8 Å². The number of nitrogens with zero attached hydrogens (tertiary/aromatic N) is 7. The largest absolute Gasteiger partial charge is 0.487 e. The van der Waals surface area contributed by atoms with Crippen molar-refractivity contribution in [3.8, 4) is 11.4 Å². The molecule has 1 unspecified atom stereocenters. The first-order valence-corrected chi connectivity index (χ1v) is 14.5. The fourth-order valence-corrected chi connectivity index (χ4v) is 6.34. The number of carbonyl (C=O) groups excluding carboxylic acids is 1. The molecular formula is C32H25N7O8. The summed E-state index contributed by atoms with van der Waals surface area (Å²) in [6, 6.07) is 14.8. The Balaban J connectivity index is 1.34. The molecule has 0 fully saturated rings. The predicted molar refractivity (Wildman–Crippen MR) is 167 cm³/mol. The van der Waals surface area contributed by atoms with Gasteiger partial charge in [-0.25, -0.2) is 14.0 Å². The number of hydrogen-bond acceptors (Lipinski definition) is 10. The van der Waals surface area contributed by atoms with Crippen LogP contribution in [0.1, 0.15) is 44.0 Å². The third-order valence-electron chi connectivity index (χ3n) is 8.41. The molecule has 7 rings (SSSR count). The molecule has 3 aromatic carbocycles. The van der Waals surface area contributed by atoms with Crippen LogP contribution < -0.4 is 15.9 Å². The van der Waals surface area contributed by atoms with Crippen LogP contribution in [-0.4, -0.2) is 40.0 Å². The minimum Gasteiger partial charge on any atom is -0.487 e. The van der Waals surface area contributed by atoms with E-state index in [1.165, 1.54) is 62.6 Å². The standard InChI is InChI=1S/C32H25N7O8/c1-32(2)14-25-28(26(40)15-32)29(37-31(42)23-6-4-3-5-22(23)30(41)36(25)37)24-13-21(39(45)46)11-12-27(24)47-17-18-16-35(34-33-18)19-7-9-20(10-8-19)38(43)44/h3-13,16,29H,14-15,17H2,1-2H3. The number of aromatic nitrogens is 5. The van der Waals surface area contributed by atoms with E-state index in [-0.39, 0.29) is 57.8 Å². The summed E-state index contributed by atoms with van der Waals surface area (Å²) in [7, 11) is 0. The van der Waals surface area contributed by atoms with Crippen molar-refractivity contribution < 1.29 is 19.4 Å². The van der Waals surface area contributed by atoms with Gasteiger partial charge in [0.15, 0.2) is 5.78 Å². The Labute approximate surface area is 264 Å². The van der Waals surface area contributed by atoms with E-state index in [2.05, 4.69) is 10.3 Å². The minimum atomic E-state index is -1.18. The number of ketones is 1. The second-order valence-electron chi connectivity index (χ2n) is 12.2. The first-order valence-electron chi connectivity index (χ1n) is 14.5. The number of ether oxygens (including phenoxy) is 1. The molecule has 0 spiro atoms. The van der Waals surface area contributed by atoms with Crippen LogP contribution in [0.25, 0.3) is 22.2 Å². The number of fused-ring (bicyclic) bond motifs is 3. The van der Waals surface area contributed by atoms with Crippen LogP contribution in [0.15, 0.2) is 88.1 Å². The van der Waals surface area contributed by atoms with Crippen LogP contribution in [-0.2, 0) is 11.4 Å². The van der Waals surface area contributed by atoms with E-state index >= 15 is 0 Å². The summed E-state index contributed by atoms with van der Waals surface area (Å²) in [6.07, 6.45) is 2.02. The van der Waals surface area contributed by atoms with Gasteiger partial charge in [0.2, 0.25) is 0 Å². The number of nitro benzene ring substituents is 2. The van der Waals surface area contributed by atoms with E-state index in [9.17, 15) is 34.6 Å². The fourth-order valence-electron chi connectivity index (χ4n) is 6.34. The van der Waals surface area contributed by atoms with Crippen molar-refractivity contribution in [3.63, 3.8) is 0 Å². The molecule has 1 atom stereocenters. The average Bonchev–Trinajstić information content (AvgIpc) is 3.65.